The topological polar surface area (TPSA) is 66.5 Å². The fourth-order valence-corrected chi connectivity index (χ4v) is 3.35. The highest BCUT2D eigenvalue weighted by atomic mass is 32.2. The molecule has 0 unspecified atom stereocenters. The van der Waals surface area contributed by atoms with Gasteiger partial charge in [0.25, 0.3) is 5.91 Å². The zero-order chi connectivity index (χ0) is 17.9. The van der Waals surface area contributed by atoms with Crippen LogP contribution in [0.2, 0.25) is 0 Å². The van der Waals surface area contributed by atoms with Crippen LogP contribution in [0, 0.1) is 5.41 Å². The minimum atomic E-state index is -0.242. The Labute approximate surface area is 154 Å². The molecular formula is C20H14N2O3S. The third-order valence-electron chi connectivity index (χ3n) is 3.71. The fourth-order valence-electron chi connectivity index (χ4n) is 2.51. The van der Waals surface area contributed by atoms with E-state index in [2.05, 4.69) is 0 Å². The van der Waals surface area contributed by atoms with Gasteiger partial charge in [-0.1, -0.05) is 18.2 Å². The van der Waals surface area contributed by atoms with Crippen molar-refractivity contribution >= 4 is 34.6 Å². The molecule has 2 heterocycles. The molecule has 1 amide bonds. The summed E-state index contributed by atoms with van der Waals surface area (Å²) >= 11 is 1.11. The van der Waals surface area contributed by atoms with Gasteiger partial charge < -0.3 is 9.15 Å². The van der Waals surface area contributed by atoms with E-state index in [1.165, 1.54) is 4.90 Å². The fraction of sp³-hybridized carbons (Fsp3) is 0. The predicted octanol–water partition coefficient (Wildman–Crippen LogP) is 5.13. The quantitative estimate of drug-likeness (QED) is 0.654. The Morgan fingerprint density at radius 2 is 1.69 bits per heavy atom. The summed E-state index contributed by atoms with van der Waals surface area (Å²) in [6.07, 6.45) is 3.19. The van der Waals surface area contributed by atoms with Crippen LogP contribution in [0.1, 0.15) is 5.76 Å². The second kappa shape index (κ2) is 6.93. The smallest absolute Gasteiger partial charge is 0.271 e. The molecule has 1 saturated heterocycles. The first-order valence-corrected chi connectivity index (χ1v) is 8.71. The third-order valence-corrected chi connectivity index (χ3v) is 4.60. The minimum absolute atomic E-state index is 0.157. The van der Waals surface area contributed by atoms with Gasteiger partial charge in [-0.2, -0.15) is 0 Å². The number of rotatable bonds is 4. The largest absolute Gasteiger partial charge is 0.465 e. The minimum Gasteiger partial charge on any atom is -0.465 e. The van der Waals surface area contributed by atoms with E-state index in [-0.39, 0.29) is 11.1 Å². The van der Waals surface area contributed by atoms with Crippen molar-refractivity contribution in [2.75, 3.05) is 4.90 Å². The summed E-state index contributed by atoms with van der Waals surface area (Å²) in [5.74, 6) is 1.75. The summed E-state index contributed by atoms with van der Waals surface area (Å²) in [5.41, 5.74) is 0.621. The zero-order valence-electron chi connectivity index (χ0n) is 13.6. The monoisotopic (exact) mass is 362 g/mol. The Hall–Kier alpha value is -3.25. The average molecular weight is 362 g/mol. The van der Waals surface area contributed by atoms with E-state index >= 15 is 0 Å². The van der Waals surface area contributed by atoms with Crippen LogP contribution in [0.4, 0.5) is 5.69 Å². The lowest BCUT2D eigenvalue weighted by Crippen LogP contribution is -2.27. The number of amides is 1. The maximum atomic E-state index is 12.6. The molecule has 0 atom stereocenters. The number of nitrogens with zero attached hydrogens (tertiary/aromatic N) is 1. The maximum absolute atomic E-state index is 12.6. The molecule has 26 heavy (non-hydrogen) atoms. The van der Waals surface area contributed by atoms with Crippen LogP contribution in [0.15, 0.2) is 82.3 Å². The number of furan rings is 1. The lowest BCUT2D eigenvalue weighted by atomic mass is 10.2. The van der Waals surface area contributed by atoms with E-state index in [1.807, 2.05) is 30.3 Å². The molecule has 6 heteroatoms. The molecule has 0 radical (unpaired) electrons. The van der Waals surface area contributed by atoms with Crippen molar-refractivity contribution in [1.82, 2.24) is 0 Å². The molecule has 1 aromatic heterocycles. The van der Waals surface area contributed by atoms with E-state index in [1.54, 1.807) is 48.7 Å². The molecule has 1 aliphatic rings. The van der Waals surface area contributed by atoms with Crippen molar-refractivity contribution in [3.05, 3.63) is 83.7 Å². The molecule has 3 aromatic rings. The van der Waals surface area contributed by atoms with Gasteiger partial charge in [0, 0.05) is 6.08 Å². The van der Waals surface area contributed by atoms with Gasteiger partial charge in [-0.15, -0.1) is 0 Å². The van der Waals surface area contributed by atoms with Gasteiger partial charge in [-0.3, -0.25) is 15.1 Å². The van der Waals surface area contributed by atoms with Crippen LogP contribution in [-0.4, -0.2) is 11.1 Å². The van der Waals surface area contributed by atoms with E-state index in [9.17, 15) is 4.79 Å². The van der Waals surface area contributed by atoms with Gasteiger partial charge in [0.2, 0.25) is 0 Å². The lowest BCUT2D eigenvalue weighted by Gasteiger charge is -2.15. The van der Waals surface area contributed by atoms with Crippen molar-refractivity contribution in [3.63, 3.8) is 0 Å². The van der Waals surface area contributed by atoms with Crippen LogP contribution < -0.4 is 9.64 Å². The Bertz CT molecular complexity index is 964. The number of carbonyl (C=O) groups excluding carboxylic acids is 1. The van der Waals surface area contributed by atoms with Gasteiger partial charge in [0.15, 0.2) is 5.17 Å². The number of ether oxygens (including phenoxy) is 1. The van der Waals surface area contributed by atoms with Crippen molar-refractivity contribution in [2.24, 2.45) is 0 Å². The number of nitrogens with one attached hydrogen (secondary N) is 1. The normalized spacial score (nSPS) is 15.7. The van der Waals surface area contributed by atoms with Crippen LogP contribution in [0.3, 0.4) is 0 Å². The van der Waals surface area contributed by atoms with Crippen molar-refractivity contribution in [1.29, 1.82) is 5.41 Å². The first kappa shape index (κ1) is 16.2. The number of carbonyl (C=O) groups is 1. The highest BCUT2D eigenvalue weighted by molar-refractivity contribution is 8.19. The molecular weight excluding hydrogens is 348 g/mol. The highest BCUT2D eigenvalue weighted by Crippen LogP contribution is 2.36. The molecule has 4 rings (SSSR count). The van der Waals surface area contributed by atoms with E-state index in [4.69, 9.17) is 14.6 Å². The predicted molar refractivity (Wildman–Crippen MR) is 102 cm³/mol. The summed E-state index contributed by atoms with van der Waals surface area (Å²) in [4.78, 5) is 14.5. The lowest BCUT2D eigenvalue weighted by molar-refractivity contribution is -0.113. The van der Waals surface area contributed by atoms with E-state index < -0.39 is 0 Å². The number of anilines is 1. The standard InChI is InChI=1S/C20H14N2O3S/c21-20-22(19(23)18(26-20)13-17-7-4-12-24-17)14-8-10-16(11-9-14)25-15-5-2-1-3-6-15/h1-13,21H/b18-13-,21-20?. The average Bonchev–Trinajstić information content (AvgIpc) is 3.26. The Kier molecular flexibility index (Phi) is 4.33. The summed E-state index contributed by atoms with van der Waals surface area (Å²) in [7, 11) is 0. The Morgan fingerprint density at radius 1 is 0.962 bits per heavy atom. The molecule has 1 fully saturated rings. The van der Waals surface area contributed by atoms with E-state index in [0.29, 0.717) is 22.1 Å². The summed E-state index contributed by atoms with van der Waals surface area (Å²) in [5, 5.41) is 8.29. The van der Waals surface area contributed by atoms with Crippen molar-refractivity contribution in [2.45, 2.75) is 0 Å². The molecule has 0 saturated carbocycles. The second-order valence-electron chi connectivity index (χ2n) is 5.48. The first-order chi connectivity index (χ1) is 12.7. The Balaban J connectivity index is 1.54. The number of para-hydroxylation sites is 1. The molecule has 0 aliphatic carbocycles. The maximum Gasteiger partial charge on any atom is 0.271 e. The number of thioether (sulfide) groups is 1. The molecule has 0 bridgehead atoms. The van der Waals surface area contributed by atoms with Crippen LogP contribution in [0.5, 0.6) is 11.5 Å². The molecule has 5 nitrogen and oxygen atoms in total. The van der Waals surface area contributed by atoms with Gasteiger partial charge >= 0.3 is 0 Å². The molecule has 2 aromatic carbocycles. The molecule has 1 N–H and O–H groups in total. The van der Waals surface area contributed by atoms with Crippen LogP contribution >= 0.6 is 11.8 Å². The molecule has 1 aliphatic heterocycles. The first-order valence-electron chi connectivity index (χ1n) is 7.90. The van der Waals surface area contributed by atoms with E-state index in [0.717, 1.165) is 17.5 Å². The van der Waals surface area contributed by atoms with Crippen LogP contribution in [-0.2, 0) is 4.79 Å². The third kappa shape index (κ3) is 3.27. The van der Waals surface area contributed by atoms with Gasteiger partial charge in [0.1, 0.15) is 17.3 Å². The SMILES string of the molecule is N=C1S/C(=C\c2ccco2)C(=O)N1c1ccc(Oc2ccccc2)cc1. The van der Waals surface area contributed by atoms with Crippen molar-refractivity contribution < 1.29 is 13.9 Å². The number of hydrogen-bond donors (Lipinski definition) is 1. The Morgan fingerprint density at radius 3 is 2.38 bits per heavy atom. The van der Waals surface area contributed by atoms with Gasteiger partial charge in [-0.05, 0) is 60.3 Å². The summed E-state index contributed by atoms with van der Waals surface area (Å²) < 4.78 is 11.0. The summed E-state index contributed by atoms with van der Waals surface area (Å²) in [6.45, 7) is 0. The number of benzene rings is 2. The highest BCUT2D eigenvalue weighted by Gasteiger charge is 2.33. The van der Waals surface area contributed by atoms with Crippen molar-refractivity contribution in [3.8, 4) is 11.5 Å². The summed E-state index contributed by atoms with van der Waals surface area (Å²) in [6, 6.07) is 20.1. The van der Waals surface area contributed by atoms with Crippen LogP contribution in [0.25, 0.3) is 6.08 Å². The number of hydrogen-bond acceptors (Lipinski definition) is 5. The molecule has 128 valence electrons. The van der Waals surface area contributed by atoms with Gasteiger partial charge in [0.05, 0.1) is 16.9 Å². The second-order valence-corrected chi connectivity index (χ2v) is 6.51. The molecule has 0 spiro atoms. The number of amidine groups is 1. The zero-order valence-corrected chi connectivity index (χ0v) is 14.4. The van der Waals surface area contributed by atoms with Gasteiger partial charge in [-0.25, -0.2) is 0 Å².